The summed E-state index contributed by atoms with van der Waals surface area (Å²) in [5.41, 5.74) is 3.16. The fraction of sp³-hybridized carbons (Fsp3) is 0.200. The van der Waals surface area contributed by atoms with Crippen LogP contribution in [-0.4, -0.2) is 20.4 Å². The summed E-state index contributed by atoms with van der Waals surface area (Å²) in [7, 11) is 0. The van der Waals surface area contributed by atoms with Crippen LogP contribution in [0.2, 0.25) is 0 Å². The van der Waals surface area contributed by atoms with Crippen LogP contribution in [0.3, 0.4) is 0 Å². The molecule has 0 aliphatic carbocycles. The molecule has 4 rings (SSSR count). The summed E-state index contributed by atoms with van der Waals surface area (Å²) < 4.78 is 2.99. The number of rotatable bonds is 3. The number of imidazole rings is 1. The molecule has 1 unspecified atom stereocenters. The Labute approximate surface area is 155 Å². The monoisotopic (exact) mass is 395 g/mol. The van der Waals surface area contributed by atoms with E-state index in [1.54, 1.807) is 6.33 Å². The van der Waals surface area contributed by atoms with Gasteiger partial charge in [0.15, 0.2) is 0 Å². The van der Waals surface area contributed by atoms with Gasteiger partial charge in [-0.05, 0) is 30.2 Å². The zero-order chi connectivity index (χ0) is 17.4. The highest BCUT2D eigenvalue weighted by atomic mass is 79.9. The van der Waals surface area contributed by atoms with Crippen LogP contribution < -0.4 is 0 Å². The van der Waals surface area contributed by atoms with Gasteiger partial charge in [-0.3, -0.25) is 4.79 Å². The normalized spacial score (nSPS) is 18.1. The van der Waals surface area contributed by atoms with Gasteiger partial charge in [-0.1, -0.05) is 58.4 Å². The number of aromatic nitrogens is 2. The molecule has 5 heteroatoms. The van der Waals surface area contributed by atoms with E-state index in [1.165, 1.54) is 0 Å². The minimum absolute atomic E-state index is 0.00954. The summed E-state index contributed by atoms with van der Waals surface area (Å²) in [4.78, 5) is 19.6. The van der Waals surface area contributed by atoms with Crippen molar-refractivity contribution in [1.29, 1.82) is 0 Å². The lowest BCUT2D eigenvalue weighted by molar-refractivity contribution is -0.138. The Bertz CT molecular complexity index is 889. The third-order valence-corrected chi connectivity index (χ3v) is 5.34. The van der Waals surface area contributed by atoms with Crippen LogP contribution >= 0.6 is 15.9 Å². The first-order valence-corrected chi connectivity index (χ1v) is 9.06. The molecule has 0 radical (unpaired) electrons. The van der Waals surface area contributed by atoms with Crippen LogP contribution in [0, 0.1) is 0 Å². The van der Waals surface area contributed by atoms with Crippen molar-refractivity contribution >= 4 is 21.8 Å². The molecule has 3 aromatic rings. The van der Waals surface area contributed by atoms with E-state index in [9.17, 15) is 4.79 Å². The van der Waals surface area contributed by atoms with Gasteiger partial charge in [-0.25, -0.2) is 4.98 Å². The highest BCUT2D eigenvalue weighted by molar-refractivity contribution is 9.10. The average Bonchev–Trinajstić information content (AvgIpc) is 3.10. The van der Waals surface area contributed by atoms with Crippen molar-refractivity contribution in [1.82, 2.24) is 14.5 Å². The number of carbonyl (C=O) groups is 1. The number of amides is 1. The van der Waals surface area contributed by atoms with Gasteiger partial charge >= 0.3 is 0 Å². The van der Waals surface area contributed by atoms with E-state index in [-0.39, 0.29) is 18.0 Å². The Morgan fingerprint density at radius 1 is 1.12 bits per heavy atom. The van der Waals surface area contributed by atoms with Crippen LogP contribution in [-0.2, 0) is 11.3 Å². The zero-order valence-corrected chi connectivity index (χ0v) is 15.4. The van der Waals surface area contributed by atoms with E-state index in [0.29, 0.717) is 6.54 Å². The molecular weight excluding hydrogens is 378 g/mol. The molecule has 1 amide bonds. The first kappa shape index (κ1) is 16.1. The molecule has 1 aliphatic rings. The second-order valence-corrected chi connectivity index (χ2v) is 7.21. The summed E-state index contributed by atoms with van der Waals surface area (Å²) in [6.45, 7) is 2.65. The summed E-state index contributed by atoms with van der Waals surface area (Å²) >= 11 is 3.46. The van der Waals surface area contributed by atoms with Gasteiger partial charge in [-0.15, -0.1) is 0 Å². The van der Waals surface area contributed by atoms with Crippen LogP contribution in [0.1, 0.15) is 35.8 Å². The average molecular weight is 396 g/mol. The number of halogens is 1. The van der Waals surface area contributed by atoms with Crippen molar-refractivity contribution in [2.75, 3.05) is 0 Å². The molecule has 1 aliphatic heterocycles. The van der Waals surface area contributed by atoms with Gasteiger partial charge < -0.3 is 9.47 Å². The Kier molecular flexibility index (Phi) is 4.17. The number of hydrogen-bond acceptors (Lipinski definition) is 2. The molecular formula is C20H18BrN3O. The molecule has 0 spiro atoms. The standard InChI is InChI=1S/C20H18BrN3O/c1-14(15-5-3-2-4-6-15)23-12-18-11-22-13-24(18)19(20(23)25)16-7-9-17(21)10-8-16/h2-11,13-14,19H,12H2,1H3/t14-,19?/m0/s1. The van der Waals surface area contributed by atoms with E-state index >= 15 is 0 Å². The molecule has 2 atom stereocenters. The van der Waals surface area contributed by atoms with Gasteiger partial charge in [0.25, 0.3) is 5.91 Å². The lowest BCUT2D eigenvalue weighted by Gasteiger charge is -2.38. The molecule has 2 heterocycles. The molecule has 0 saturated carbocycles. The lowest BCUT2D eigenvalue weighted by Crippen LogP contribution is -2.43. The fourth-order valence-corrected chi connectivity index (χ4v) is 3.67. The van der Waals surface area contributed by atoms with Crippen LogP contribution in [0.15, 0.2) is 71.6 Å². The van der Waals surface area contributed by atoms with E-state index in [4.69, 9.17) is 0 Å². The number of carbonyl (C=O) groups excluding carboxylic acids is 1. The quantitative estimate of drug-likeness (QED) is 0.661. The van der Waals surface area contributed by atoms with Crippen molar-refractivity contribution in [2.45, 2.75) is 25.6 Å². The van der Waals surface area contributed by atoms with Gasteiger partial charge in [0.1, 0.15) is 6.04 Å². The second-order valence-electron chi connectivity index (χ2n) is 6.30. The Morgan fingerprint density at radius 2 is 1.84 bits per heavy atom. The molecule has 2 aromatic carbocycles. The zero-order valence-electron chi connectivity index (χ0n) is 13.8. The Balaban J connectivity index is 1.75. The van der Waals surface area contributed by atoms with Crippen molar-refractivity contribution in [3.63, 3.8) is 0 Å². The van der Waals surface area contributed by atoms with Gasteiger partial charge in [0.05, 0.1) is 24.6 Å². The minimum Gasteiger partial charge on any atom is -0.328 e. The first-order valence-electron chi connectivity index (χ1n) is 8.27. The molecule has 0 fully saturated rings. The number of fused-ring (bicyclic) bond motifs is 1. The van der Waals surface area contributed by atoms with E-state index < -0.39 is 0 Å². The topological polar surface area (TPSA) is 38.1 Å². The molecule has 0 bridgehead atoms. The van der Waals surface area contributed by atoms with Crippen LogP contribution in [0.5, 0.6) is 0 Å². The van der Waals surface area contributed by atoms with Gasteiger partial charge in [0.2, 0.25) is 0 Å². The molecule has 0 saturated heterocycles. The number of benzene rings is 2. The maximum Gasteiger partial charge on any atom is 0.251 e. The smallest absolute Gasteiger partial charge is 0.251 e. The SMILES string of the molecule is C[C@@H](c1ccccc1)N1Cc2cncn2C(c2ccc(Br)cc2)C1=O. The Hall–Kier alpha value is -2.40. The minimum atomic E-state index is -0.370. The largest absolute Gasteiger partial charge is 0.328 e. The number of hydrogen-bond donors (Lipinski definition) is 0. The lowest BCUT2D eigenvalue weighted by atomic mass is 9.99. The first-order chi connectivity index (χ1) is 12.1. The van der Waals surface area contributed by atoms with E-state index in [1.807, 2.05) is 58.1 Å². The van der Waals surface area contributed by atoms with E-state index in [2.05, 4.69) is 40.0 Å². The Morgan fingerprint density at radius 3 is 2.56 bits per heavy atom. The highest BCUT2D eigenvalue weighted by Crippen LogP contribution is 2.33. The summed E-state index contributed by atoms with van der Waals surface area (Å²) in [6.07, 6.45) is 3.60. The maximum absolute atomic E-state index is 13.4. The summed E-state index contributed by atoms with van der Waals surface area (Å²) in [5.74, 6) is 0.101. The van der Waals surface area contributed by atoms with Crippen molar-refractivity contribution in [2.24, 2.45) is 0 Å². The van der Waals surface area contributed by atoms with Gasteiger partial charge in [-0.2, -0.15) is 0 Å². The summed E-state index contributed by atoms with van der Waals surface area (Å²) in [6, 6.07) is 17.7. The number of nitrogens with zero attached hydrogens (tertiary/aromatic N) is 3. The molecule has 25 heavy (non-hydrogen) atoms. The van der Waals surface area contributed by atoms with Crippen LogP contribution in [0.25, 0.3) is 0 Å². The van der Waals surface area contributed by atoms with Gasteiger partial charge in [0, 0.05) is 10.7 Å². The predicted molar refractivity (Wildman–Crippen MR) is 99.9 cm³/mol. The maximum atomic E-state index is 13.4. The summed E-state index contributed by atoms with van der Waals surface area (Å²) in [5, 5.41) is 0. The van der Waals surface area contributed by atoms with Crippen molar-refractivity contribution in [3.8, 4) is 0 Å². The molecule has 126 valence electrons. The van der Waals surface area contributed by atoms with Crippen molar-refractivity contribution < 1.29 is 4.79 Å². The second kappa shape index (κ2) is 6.48. The fourth-order valence-electron chi connectivity index (χ4n) is 3.40. The third kappa shape index (κ3) is 2.89. The molecule has 0 N–H and O–H groups in total. The molecule has 1 aromatic heterocycles. The van der Waals surface area contributed by atoms with Crippen molar-refractivity contribution in [3.05, 3.63) is 88.4 Å². The highest BCUT2D eigenvalue weighted by Gasteiger charge is 2.36. The van der Waals surface area contributed by atoms with Crippen LogP contribution in [0.4, 0.5) is 0 Å². The van der Waals surface area contributed by atoms with E-state index in [0.717, 1.165) is 21.3 Å². The molecule has 4 nitrogen and oxygen atoms in total. The predicted octanol–water partition coefficient (Wildman–Crippen LogP) is 4.34. The third-order valence-electron chi connectivity index (χ3n) is 4.81.